The first kappa shape index (κ1) is 13.1. The van der Waals surface area contributed by atoms with Crippen LogP contribution in [0.4, 0.5) is 0 Å². The third kappa shape index (κ3) is 2.20. The van der Waals surface area contributed by atoms with Crippen molar-refractivity contribution >= 4 is 21.6 Å². The second kappa shape index (κ2) is 5.23. The highest BCUT2D eigenvalue weighted by molar-refractivity contribution is 9.10. The first-order valence-corrected chi connectivity index (χ1v) is 7.25. The van der Waals surface area contributed by atoms with Crippen LogP contribution in [0.15, 0.2) is 33.9 Å². The highest BCUT2D eigenvalue weighted by atomic mass is 79.9. The van der Waals surface area contributed by atoms with Crippen LogP contribution in [0.1, 0.15) is 12.0 Å². The molecule has 0 bridgehead atoms. The highest BCUT2D eigenvalue weighted by Gasteiger charge is 2.50. The van der Waals surface area contributed by atoms with E-state index in [0.29, 0.717) is 0 Å². The van der Waals surface area contributed by atoms with E-state index in [1.807, 2.05) is 24.3 Å². The van der Waals surface area contributed by atoms with Gasteiger partial charge in [0.05, 0.1) is 11.6 Å². The quantitative estimate of drug-likeness (QED) is 0.890. The number of aliphatic hydroxyl groups excluding tert-OH is 2. The van der Waals surface area contributed by atoms with Crippen LogP contribution >= 0.6 is 15.9 Å². The van der Waals surface area contributed by atoms with Gasteiger partial charge in [-0.25, -0.2) is 0 Å². The number of hydrogen-bond donors (Lipinski definition) is 2. The van der Waals surface area contributed by atoms with Gasteiger partial charge in [0.1, 0.15) is 6.10 Å². The zero-order valence-electron chi connectivity index (χ0n) is 10.4. The second-order valence-electron chi connectivity index (χ2n) is 5.20. The summed E-state index contributed by atoms with van der Waals surface area (Å²) in [5.41, 5.74) is 1.92. The van der Waals surface area contributed by atoms with Gasteiger partial charge in [0.15, 0.2) is 0 Å². The molecule has 1 saturated carbocycles. The standard InChI is InChI=1S/C14H16BrNO3/c15-11-3-1-8(2-4-11)13-12-9(6-17)5-10(7-18)14(12)19-16-13/h1-4,9-10,12,14,17-18H,5-7H2/t9-,10+,12-,14-/m1/s1. The van der Waals surface area contributed by atoms with Crippen molar-refractivity contribution in [2.75, 3.05) is 13.2 Å². The van der Waals surface area contributed by atoms with Gasteiger partial charge in [-0.2, -0.15) is 0 Å². The summed E-state index contributed by atoms with van der Waals surface area (Å²) >= 11 is 3.41. The molecule has 1 aromatic carbocycles. The summed E-state index contributed by atoms with van der Waals surface area (Å²) < 4.78 is 1.02. The van der Waals surface area contributed by atoms with E-state index in [-0.39, 0.29) is 37.1 Å². The van der Waals surface area contributed by atoms with Gasteiger partial charge in [-0.15, -0.1) is 0 Å². The number of aliphatic hydroxyl groups is 2. The third-order valence-corrected chi connectivity index (χ3v) is 4.66. The molecule has 19 heavy (non-hydrogen) atoms. The Bertz CT molecular complexity index is 488. The van der Waals surface area contributed by atoms with Crippen LogP contribution in [0.3, 0.4) is 0 Å². The molecule has 0 aromatic heterocycles. The average molecular weight is 326 g/mol. The molecule has 4 atom stereocenters. The molecule has 5 heteroatoms. The molecule has 1 fully saturated rings. The SMILES string of the molecule is OC[C@@H]1C[C@H](CO)[C@@H]2C(c3ccc(Br)cc3)=NO[C@H]12. The normalized spacial score (nSPS) is 32.9. The molecule has 0 unspecified atom stereocenters. The molecular weight excluding hydrogens is 310 g/mol. The number of oxime groups is 1. The Morgan fingerprint density at radius 3 is 2.47 bits per heavy atom. The first-order valence-electron chi connectivity index (χ1n) is 6.46. The van der Waals surface area contributed by atoms with Crippen molar-refractivity contribution in [1.82, 2.24) is 0 Å². The van der Waals surface area contributed by atoms with E-state index in [1.54, 1.807) is 0 Å². The van der Waals surface area contributed by atoms with Crippen molar-refractivity contribution in [3.8, 4) is 0 Å². The Morgan fingerprint density at radius 1 is 1.16 bits per heavy atom. The number of benzene rings is 1. The molecule has 0 amide bonds. The average Bonchev–Trinajstić information content (AvgIpc) is 2.99. The molecule has 1 heterocycles. The fourth-order valence-corrected chi connectivity index (χ4v) is 3.44. The van der Waals surface area contributed by atoms with Gasteiger partial charge < -0.3 is 15.1 Å². The lowest BCUT2D eigenvalue weighted by molar-refractivity contribution is 0.0198. The van der Waals surface area contributed by atoms with Crippen LogP contribution in [-0.2, 0) is 4.84 Å². The number of hydrogen-bond acceptors (Lipinski definition) is 4. The van der Waals surface area contributed by atoms with Crippen LogP contribution in [0.25, 0.3) is 0 Å². The Labute approximate surface area is 120 Å². The summed E-state index contributed by atoms with van der Waals surface area (Å²) in [7, 11) is 0. The summed E-state index contributed by atoms with van der Waals surface area (Å²) in [4.78, 5) is 5.51. The summed E-state index contributed by atoms with van der Waals surface area (Å²) in [6, 6.07) is 7.93. The number of fused-ring (bicyclic) bond motifs is 1. The van der Waals surface area contributed by atoms with Crippen molar-refractivity contribution < 1.29 is 15.1 Å². The highest BCUT2D eigenvalue weighted by Crippen LogP contribution is 2.43. The number of nitrogens with zero attached hydrogens (tertiary/aromatic N) is 1. The molecule has 0 spiro atoms. The van der Waals surface area contributed by atoms with E-state index in [9.17, 15) is 10.2 Å². The van der Waals surface area contributed by atoms with E-state index >= 15 is 0 Å². The molecule has 4 nitrogen and oxygen atoms in total. The van der Waals surface area contributed by atoms with E-state index in [1.165, 1.54) is 0 Å². The molecule has 102 valence electrons. The minimum atomic E-state index is -0.0965. The Balaban J connectivity index is 1.90. The van der Waals surface area contributed by atoms with Crippen LogP contribution in [-0.4, -0.2) is 35.2 Å². The van der Waals surface area contributed by atoms with Gasteiger partial charge in [0.2, 0.25) is 0 Å². The van der Waals surface area contributed by atoms with E-state index in [0.717, 1.165) is 22.2 Å². The van der Waals surface area contributed by atoms with Gasteiger partial charge in [-0.1, -0.05) is 33.2 Å². The van der Waals surface area contributed by atoms with Gasteiger partial charge in [0, 0.05) is 23.6 Å². The predicted molar refractivity (Wildman–Crippen MR) is 74.8 cm³/mol. The van der Waals surface area contributed by atoms with E-state index < -0.39 is 0 Å². The fourth-order valence-electron chi connectivity index (χ4n) is 3.17. The van der Waals surface area contributed by atoms with Crippen LogP contribution in [0.5, 0.6) is 0 Å². The van der Waals surface area contributed by atoms with Crippen molar-refractivity contribution in [3.05, 3.63) is 34.3 Å². The monoisotopic (exact) mass is 325 g/mol. The van der Waals surface area contributed by atoms with Gasteiger partial charge in [-0.3, -0.25) is 0 Å². The summed E-state index contributed by atoms with van der Waals surface area (Å²) in [6.45, 7) is 0.192. The van der Waals surface area contributed by atoms with Gasteiger partial charge in [0.25, 0.3) is 0 Å². The van der Waals surface area contributed by atoms with Crippen LogP contribution in [0, 0.1) is 17.8 Å². The minimum Gasteiger partial charge on any atom is -0.396 e. The largest absolute Gasteiger partial charge is 0.396 e. The lowest BCUT2D eigenvalue weighted by atomic mass is 9.87. The smallest absolute Gasteiger partial charge is 0.141 e. The van der Waals surface area contributed by atoms with Gasteiger partial charge >= 0.3 is 0 Å². The van der Waals surface area contributed by atoms with Crippen molar-refractivity contribution in [1.29, 1.82) is 0 Å². The van der Waals surface area contributed by atoms with Crippen molar-refractivity contribution in [2.24, 2.45) is 22.9 Å². The molecule has 3 rings (SSSR count). The van der Waals surface area contributed by atoms with E-state index in [4.69, 9.17) is 4.84 Å². The summed E-state index contributed by atoms with van der Waals surface area (Å²) in [5.74, 6) is 0.272. The number of halogens is 1. The summed E-state index contributed by atoms with van der Waals surface area (Å²) in [5, 5.41) is 23.1. The first-order chi connectivity index (χ1) is 9.24. The maximum atomic E-state index is 9.54. The minimum absolute atomic E-state index is 0.0684. The Hall–Kier alpha value is -0.910. The third-order valence-electron chi connectivity index (χ3n) is 4.13. The molecule has 1 aliphatic carbocycles. The molecule has 1 aliphatic heterocycles. The zero-order chi connectivity index (χ0) is 13.4. The number of rotatable bonds is 3. The predicted octanol–water partition coefficient (Wildman–Crippen LogP) is 1.79. The molecule has 0 radical (unpaired) electrons. The maximum Gasteiger partial charge on any atom is 0.141 e. The molecule has 1 aromatic rings. The molecule has 2 aliphatic rings. The maximum absolute atomic E-state index is 9.54. The lowest BCUT2D eigenvalue weighted by Crippen LogP contribution is -2.28. The van der Waals surface area contributed by atoms with Crippen LogP contribution in [0.2, 0.25) is 0 Å². The van der Waals surface area contributed by atoms with E-state index in [2.05, 4.69) is 21.1 Å². The van der Waals surface area contributed by atoms with Crippen molar-refractivity contribution in [3.63, 3.8) is 0 Å². The zero-order valence-corrected chi connectivity index (χ0v) is 12.0. The topological polar surface area (TPSA) is 62.0 Å². The fraction of sp³-hybridized carbons (Fsp3) is 0.500. The van der Waals surface area contributed by atoms with Gasteiger partial charge in [-0.05, 0) is 30.0 Å². The van der Waals surface area contributed by atoms with Crippen LogP contribution < -0.4 is 0 Å². The molecule has 2 N–H and O–H groups in total. The molecule has 0 saturated heterocycles. The molecular formula is C14H16BrNO3. The van der Waals surface area contributed by atoms with Crippen molar-refractivity contribution in [2.45, 2.75) is 12.5 Å². The lowest BCUT2D eigenvalue weighted by Gasteiger charge is -2.16. The Morgan fingerprint density at radius 2 is 1.84 bits per heavy atom. The second-order valence-corrected chi connectivity index (χ2v) is 6.12. The summed E-state index contributed by atoms with van der Waals surface area (Å²) in [6.07, 6.45) is 0.693. The Kier molecular flexibility index (Phi) is 3.60.